The van der Waals surface area contributed by atoms with Crippen molar-refractivity contribution in [1.82, 2.24) is 9.97 Å². The van der Waals surface area contributed by atoms with Gasteiger partial charge in [0.1, 0.15) is 11.5 Å². The van der Waals surface area contributed by atoms with Crippen LogP contribution in [0.1, 0.15) is 34.6 Å². The van der Waals surface area contributed by atoms with Crippen molar-refractivity contribution in [3.8, 4) is 0 Å². The topological polar surface area (TPSA) is 58.1 Å². The number of amides is 1. The second-order valence-electron chi connectivity index (χ2n) is 5.88. The van der Waals surface area contributed by atoms with Gasteiger partial charge in [-0.25, -0.2) is 9.97 Å². The molecule has 132 valence electrons. The Hall–Kier alpha value is -2.64. The molecule has 1 aliphatic rings. The lowest BCUT2D eigenvalue weighted by Crippen LogP contribution is -2.19. The lowest BCUT2D eigenvalue weighted by atomic mass is 10.1. The van der Waals surface area contributed by atoms with Crippen LogP contribution < -0.4 is 10.2 Å². The molecule has 1 N–H and O–H groups in total. The summed E-state index contributed by atoms with van der Waals surface area (Å²) in [6, 6.07) is 5.47. The summed E-state index contributed by atoms with van der Waals surface area (Å²) in [7, 11) is 0. The van der Waals surface area contributed by atoms with Crippen LogP contribution in [0.25, 0.3) is 0 Å². The number of anilines is 2. The number of aryl methyl sites for hydroxylation is 1. The minimum Gasteiger partial charge on any atom is -0.370 e. The second-order valence-corrected chi connectivity index (χ2v) is 5.88. The van der Waals surface area contributed by atoms with Gasteiger partial charge in [-0.15, -0.1) is 0 Å². The lowest BCUT2D eigenvalue weighted by Gasteiger charge is -2.17. The van der Waals surface area contributed by atoms with E-state index in [9.17, 15) is 18.0 Å². The van der Waals surface area contributed by atoms with Gasteiger partial charge in [0.05, 0.1) is 23.1 Å². The summed E-state index contributed by atoms with van der Waals surface area (Å²) in [5.41, 5.74) is 0.0666. The zero-order chi connectivity index (χ0) is 18.0. The third-order valence-electron chi connectivity index (χ3n) is 4.08. The number of alkyl halides is 3. The summed E-state index contributed by atoms with van der Waals surface area (Å²) in [6.45, 7) is 3.35. The maximum Gasteiger partial charge on any atom is 0.433 e. The molecule has 0 saturated carbocycles. The first-order chi connectivity index (χ1) is 11.8. The molecule has 8 heteroatoms. The normalized spacial score (nSPS) is 14.6. The number of pyridine rings is 2. The number of nitrogens with one attached hydrogen (secondary N) is 1. The summed E-state index contributed by atoms with van der Waals surface area (Å²) >= 11 is 0. The zero-order valence-corrected chi connectivity index (χ0v) is 13.6. The fraction of sp³-hybridized carbons (Fsp3) is 0.353. The molecule has 0 unspecified atom stereocenters. The first kappa shape index (κ1) is 17.2. The predicted octanol–water partition coefficient (Wildman–Crippen LogP) is 3.66. The molecule has 3 heterocycles. The second kappa shape index (κ2) is 6.70. The molecular weight excluding hydrogens is 333 g/mol. The Bertz CT molecular complexity index is 768. The van der Waals surface area contributed by atoms with Crippen molar-refractivity contribution in [3.05, 3.63) is 47.4 Å². The van der Waals surface area contributed by atoms with E-state index in [0.717, 1.165) is 43.8 Å². The highest BCUT2D eigenvalue weighted by Gasteiger charge is 2.33. The summed E-state index contributed by atoms with van der Waals surface area (Å²) in [5, 5.41) is 2.59. The fourth-order valence-corrected chi connectivity index (χ4v) is 2.76. The Labute approximate surface area is 142 Å². The standard InChI is InChI=1S/C17H17F3N4O/c1-11-13(5-6-14(22-11)17(18,19)20)16(25)23-15-7-4-12(10-21-15)24-8-2-3-9-24/h4-7,10H,2-3,8-9H2,1H3,(H,21,23,25). The van der Waals surface area contributed by atoms with E-state index in [2.05, 4.69) is 20.2 Å². The molecule has 1 amide bonds. The van der Waals surface area contributed by atoms with Gasteiger partial charge in [-0.2, -0.15) is 13.2 Å². The molecule has 0 aliphatic carbocycles. The van der Waals surface area contributed by atoms with Gasteiger partial charge in [0.15, 0.2) is 0 Å². The molecule has 5 nitrogen and oxygen atoms in total. The molecular formula is C17H17F3N4O. The molecule has 2 aromatic heterocycles. The van der Waals surface area contributed by atoms with Crippen molar-refractivity contribution in [2.75, 3.05) is 23.3 Å². The van der Waals surface area contributed by atoms with Crippen molar-refractivity contribution in [1.29, 1.82) is 0 Å². The Morgan fingerprint density at radius 2 is 1.88 bits per heavy atom. The summed E-state index contributed by atoms with van der Waals surface area (Å²) in [4.78, 5) is 22.1. The fourth-order valence-electron chi connectivity index (χ4n) is 2.76. The van der Waals surface area contributed by atoms with Crippen LogP contribution >= 0.6 is 0 Å². The Balaban J connectivity index is 1.71. The van der Waals surface area contributed by atoms with Crippen molar-refractivity contribution in [3.63, 3.8) is 0 Å². The van der Waals surface area contributed by atoms with Crippen LogP contribution in [0.2, 0.25) is 0 Å². The van der Waals surface area contributed by atoms with Gasteiger partial charge in [-0.05, 0) is 44.0 Å². The van der Waals surface area contributed by atoms with Crippen LogP contribution in [0, 0.1) is 6.92 Å². The van der Waals surface area contributed by atoms with Crippen LogP contribution in [0.4, 0.5) is 24.7 Å². The highest BCUT2D eigenvalue weighted by Crippen LogP contribution is 2.28. The number of rotatable bonds is 3. The number of hydrogen-bond donors (Lipinski definition) is 1. The monoisotopic (exact) mass is 350 g/mol. The number of carbonyl (C=O) groups is 1. The number of carbonyl (C=O) groups excluding carboxylic acids is 1. The van der Waals surface area contributed by atoms with E-state index < -0.39 is 17.8 Å². The van der Waals surface area contributed by atoms with Crippen LogP contribution in [0.15, 0.2) is 30.5 Å². The molecule has 1 saturated heterocycles. The molecule has 3 rings (SSSR count). The van der Waals surface area contributed by atoms with Gasteiger partial charge in [0, 0.05) is 13.1 Å². The van der Waals surface area contributed by atoms with Crippen molar-refractivity contribution < 1.29 is 18.0 Å². The molecule has 2 aromatic rings. The smallest absolute Gasteiger partial charge is 0.370 e. The maximum atomic E-state index is 12.6. The van der Waals surface area contributed by atoms with E-state index in [1.54, 1.807) is 12.3 Å². The van der Waals surface area contributed by atoms with Crippen molar-refractivity contribution >= 4 is 17.4 Å². The number of aromatic nitrogens is 2. The van der Waals surface area contributed by atoms with E-state index >= 15 is 0 Å². The average Bonchev–Trinajstić information content (AvgIpc) is 3.09. The van der Waals surface area contributed by atoms with E-state index in [0.29, 0.717) is 5.82 Å². The molecule has 0 bridgehead atoms. The number of hydrogen-bond acceptors (Lipinski definition) is 4. The quantitative estimate of drug-likeness (QED) is 0.918. The van der Waals surface area contributed by atoms with E-state index in [1.165, 1.54) is 6.92 Å². The van der Waals surface area contributed by atoms with Gasteiger partial charge in [-0.1, -0.05) is 0 Å². The maximum absolute atomic E-state index is 12.6. The molecule has 0 atom stereocenters. The van der Waals surface area contributed by atoms with E-state index in [4.69, 9.17) is 0 Å². The minimum atomic E-state index is -4.53. The van der Waals surface area contributed by atoms with Crippen LogP contribution in [-0.2, 0) is 6.18 Å². The Morgan fingerprint density at radius 3 is 2.44 bits per heavy atom. The first-order valence-corrected chi connectivity index (χ1v) is 7.92. The molecule has 25 heavy (non-hydrogen) atoms. The van der Waals surface area contributed by atoms with Gasteiger partial charge in [-0.3, -0.25) is 4.79 Å². The summed E-state index contributed by atoms with van der Waals surface area (Å²) < 4.78 is 37.9. The Kier molecular flexibility index (Phi) is 4.61. The SMILES string of the molecule is Cc1nc(C(F)(F)F)ccc1C(=O)Nc1ccc(N2CCCC2)cn1. The number of nitrogens with zero attached hydrogens (tertiary/aromatic N) is 3. The van der Waals surface area contributed by atoms with Gasteiger partial charge < -0.3 is 10.2 Å². The van der Waals surface area contributed by atoms with Crippen LogP contribution in [0.5, 0.6) is 0 Å². The van der Waals surface area contributed by atoms with Crippen LogP contribution in [0.3, 0.4) is 0 Å². The van der Waals surface area contributed by atoms with E-state index in [-0.39, 0.29) is 11.3 Å². The predicted molar refractivity (Wildman–Crippen MR) is 87.6 cm³/mol. The Morgan fingerprint density at radius 1 is 1.16 bits per heavy atom. The zero-order valence-electron chi connectivity index (χ0n) is 13.6. The minimum absolute atomic E-state index is 0.0148. The highest BCUT2D eigenvalue weighted by molar-refractivity contribution is 6.04. The molecule has 1 aliphatic heterocycles. The third kappa shape index (κ3) is 3.89. The highest BCUT2D eigenvalue weighted by atomic mass is 19.4. The van der Waals surface area contributed by atoms with Gasteiger partial charge in [0.2, 0.25) is 0 Å². The van der Waals surface area contributed by atoms with Crippen LogP contribution in [-0.4, -0.2) is 29.0 Å². The lowest BCUT2D eigenvalue weighted by molar-refractivity contribution is -0.141. The van der Waals surface area contributed by atoms with Crippen molar-refractivity contribution in [2.45, 2.75) is 25.9 Å². The first-order valence-electron chi connectivity index (χ1n) is 7.92. The average molecular weight is 350 g/mol. The molecule has 1 fully saturated rings. The number of halogens is 3. The van der Waals surface area contributed by atoms with Gasteiger partial charge in [0.25, 0.3) is 5.91 Å². The largest absolute Gasteiger partial charge is 0.433 e. The molecule has 0 spiro atoms. The van der Waals surface area contributed by atoms with Crippen molar-refractivity contribution in [2.24, 2.45) is 0 Å². The van der Waals surface area contributed by atoms with Gasteiger partial charge >= 0.3 is 6.18 Å². The third-order valence-corrected chi connectivity index (χ3v) is 4.08. The summed E-state index contributed by atoms with van der Waals surface area (Å²) in [5.74, 6) is -0.201. The molecule has 0 radical (unpaired) electrons. The van der Waals surface area contributed by atoms with E-state index in [1.807, 2.05) is 6.07 Å². The molecule has 0 aromatic carbocycles. The summed E-state index contributed by atoms with van der Waals surface area (Å²) in [6.07, 6.45) is -0.553.